The van der Waals surface area contributed by atoms with Crippen molar-refractivity contribution in [3.63, 3.8) is 0 Å². The van der Waals surface area contributed by atoms with Crippen LogP contribution in [-0.4, -0.2) is 6.21 Å². The smallest absolute Gasteiger partial charge is 0.142 e. The van der Waals surface area contributed by atoms with Crippen LogP contribution < -0.4 is 4.74 Å². The Balaban J connectivity index is 1.85. The quantitative estimate of drug-likeness (QED) is 0.333. The average Bonchev–Trinajstić information content (AvgIpc) is 2.67. The second-order valence-electron chi connectivity index (χ2n) is 5.96. The second-order valence-corrected chi connectivity index (χ2v) is 7.73. The van der Waals surface area contributed by atoms with Crippen molar-refractivity contribution in [2.45, 2.75) is 20.0 Å². The Morgan fingerprint density at radius 2 is 1.78 bits per heavy atom. The first-order chi connectivity index (χ1) is 13.1. The first-order valence-electron chi connectivity index (χ1n) is 8.55. The van der Waals surface area contributed by atoms with Gasteiger partial charge in [-0.1, -0.05) is 53.2 Å². The minimum atomic E-state index is -0.281. The van der Waals surface area contributed by atoms with Crippen LogP contribution in [0.15, 0.2) is 74.6 Å². The molecule has 0 aliphatic rings. The second kappa shape index (κ2) is 9.29. The molecule has 0 atom stereocenters. The summed E-state index contributed by atoms with van der Waals surface area (Å²) in [5.41, 5.74) is 3.44. The number of hydrogen-bond donors (Lipinski definition) is 0. The van der Waals surface area contributed by atoms with E-state index in [4.69, 9.17) is 4.74 Å². The fourth-order valence-electron chi connectivity index (χ4n) is 2.56. The van der Waals surface area contributed by atoms with E-state index >= 15 is 0 Å². The maximum absolute atomic E-state index is 13.9. The number of aliphatic imine (C=N–C) groups is 1. The molecule has 0 aliphatic heterocycles. The van der Waals surface area contributed by atoms with E-state index in [0.717, 1.165) is 26.6 Å². The molecule has 0 aromatic heterocycles. The molecule has 3 aromatic carbocycles. The van der Waals surface area contributed by atoms with Crippen LogP contribution in [0.5, 0.6) is 5.75 Å². The molecule has 0 fully saturated rings. The highest BCUT2D eigenvalue weighted by Gasteiger charge is 2.11. The molecule has 0 bridgehead atoms. The highest BCUT2D eigenvalue weighted by molar-refractivity contribution is 9.11. The summed E-state index contributed by atoms with van der Waals surface area (Å²) >= 11 is 7.02. The fourth-order valence-corrected chi connectivity index (χ4v) is 3.93. The third-order valence-corrected chi connectivity index (χ3v) is 5.11. The molecule has 0 unspecified atom stereocenters. The Morgan fingerprint density at radius 1 is 1.04 bits per heavy atom. The standard InChI is InChI=1S/C22H18Br2FNO/c1-2-15-7-9-19(10-8-15)26-13-17-11-18(23)12-20(24)22(17)27-14-16-5-3-4-6-21(16)25/h3-13H,2,14H2,1H3. The number of hydrogen-bond acceptors (Lipinski definition) is 2. The Hall–Kier alpha value is -1.98. The zero-order valence-corrected chi connectivity index (χ0v) is 17.9. The number of nitrogens with zero attached hydrogens (tertiary/aromatic N) is 1. The molecule has 138 valence electrons. The van der Waals surface area contributed by atoms with Crippen LogP contribution in [0.4, 0.5) is 10.1 Å². The number of halogens is 3. The molecule has 0 saturated heterocycles. The van der Waals surface area contributed by atoms with Gasteiger partial charge in [0.15, 0.2) is 0 Å². The van der Waals surface area contributed by atoms with E-state index in [1.165, 1.54) is 11.6 Å². The van der Waals surface area contributed by atoms with Gasteiger partial charge < -0.3 is 4.74 Å². The van der Waals surface area contributed by atoms with E-state index in [-0.39, 0.29) is 12.4 Å². The number of rotatable bonds is 6. The van der Waals surface area contributed by atoms with Crippen molar-refractivity contribution < 1.29 is 9.13 Å². The highest BCUT2D eigenvalue weighted by Crippen LogP contribution is 2.33. The monoisotopic (exact) mass is 489 g/mol. The van der Waals surface area contributed by atoms with E-state index in [1.807, 2.05) is 24.3 Å². The Labute approximate surface area is 175 Å². The summed E-state index contributed by atoms with van der Waals surface area (Å²) in [5, 5.41) is 0. The highest BCUT2D eigenvalue weighted by atomic mass is 79.9. The van der Waals surface area contributed by atoms with E-state index in [2.05, 4.69) is 55.9 Å². The van der Waals surface area contributed by atoms with Gasteiger partial charge in [0.2, 0.25) is 0 Å². The molecule has 27 heavy (non-hydrogen) atoms. The van der Waals surface area contributed by atoms with Gasteiger partial charge in [-0.2, -0.15) is 0 Å². The molecule has 2 nitrogen and oxygen atoms in total. The molecule has 0 heterocycles. The molecule has 5 heteroatoms. The first kappa shape index (κ1) is 19.8. The summed E-state index contributed by atoms with van der Waals surface area (Å²) in [5.74, 6) is 0.340. The SMILES string of the molecule is CCc1ccc(N=Cc2cc(Br)cc(Br)c2OCc2ccccc2F)cc1. The maximum Gasteiger partial charge on any atom is 0.142 e. The molecule has 0 spiro atoms. The molecule has 0 amide bonds. The van der Waals surface area contributed by atoms with Crippen molar-refractivity contribution in [2.24, 2.45) is 4.99 Å². The minimum Gasteiger partial charge on any atom is -0.487 e. The molecule has 0 saturated carbocycles. The van der Waals surface area contributed by atoms with Crippen LogP contribution in [0.2, 0.25) is 0 Å². The maximum atomic E-state index is 13.9. The summed E-state index contributed by atoms with van der Waals surface area (Å²) < 4.78 is 21.5. The van der Waals surface area contributed by atoms with Crippen LogP contribution >= 0.6 is 31.9 Å². The lowest BCUT2D eigenvalue weighted by Crippen LogP contribution is -2.01. The molecule has 0 aliphatic carbocycles. The lowest BCUT2D eigenvalue weighted by molar-refractivity contribution is 0.297. The van der Waals surface area contributed by atoms with Crippen molar-refractivity contribution in [1.29, 1.82) is 0 Å². The van der Waals surface area contributed by atoms with Crippen LogP contribution in [0.25, 0.3) is 0 Å². The Bertz CT molecular complexity index is 955. The van der Waals surface area contributed by atoms with Crippen LogP contribution in [0, 0.1) is 5.82 Å². The van der Waals surface area contributed by atoms with Gasteiger partial charge in [0.05, 0.1) is 10.2 Å². The molecule has 3 rings (SSSR count). The van der Waals surface area contributed by atoms with Crippen molar-refractivity contribution in [3.05, 3.63) is 92.1 Å². The summed E-state index contributed by atoms with van der Waals surface area (Å²) in [6, 6.07) is 18.5. The molecule has 0 radical (unpaired) electrons. The zero-order valence-electron chi connectivity index (χ0n) is 14.8. The molecule has 3 aromatic rings. The van der Waals surface area contributed by atoms with Crippen molar-refractivity contribution >= 4 is 43.8 Å². The van der Waals surface area contributed by atoms with Gasteiger partial charge in [0, 0.05) is 21.8 Å². The van der Waals surface area contributed by atoms with Crippen molar-refractivity contribution in [1.82, 2.24) is 0 Å². The predicted molar refractivity (Wildman–Crippen MR) is 116 cm³/mol. The predicted octanol–water partition coefficient (Wildman–Crippen LogP) is 7.24. The van der Waals surface area contributed by atoms with Crippen LogP contribution in [0.3, 0.4) is 0 Å². The Kier molecular flexibility index (Phi) is 6.80. The minimum absolute atomic E-state index is 0.138. The van der Waals surface area contributed by atoms with E-state index < -0.39 is 0 Å². The summed E-state index contributed by atoms with van der Waals surface area (Å²) in [7, 11) is 0. The number of ether oxygens (including phenoxy) is 1. The largest absolute Gasteiger partial charge is 0.487 e. The number of benzene rings is 3. The van der Waals surface area contributed by atoms with E-state index in [0.29, 0.717) is 11.3 Å². The van der Waals surface area contributed by atoms with Gasteiger partial charge >= 0.3 is 0 Å². The van der Waals surface area contributed by atoms with Crippen molar-refractivity contribution in [2.75, 3.05) is 0 Å². The molecule has 0 N–H and O–H groups in total. The fraction of sp³-hybridized carbons (Fsp3) is 0.136. The molecular formula is C22H18Br2FNO. The first-order valence-corrected chi connectivity index (χ1v) is 10.1. The third-order valence-electron chi connectivity index (χ3n) is 4.06. The lowest BCUT2D eigenvalue weighted by atomic mass is 10.1. The number of aryl methyl sites for hydroxylation is 1. The van der Waals surface area contributed by atoms with Gasteiger partial charge in [-0.25, -0.2) is 4.39 Å². The molecular weight excluding hydrogens is 473 g/mol. The third kappa shape index (κ3) is 5.27. The van der Waals surface area contributed by atoms with Gasteiger partial charge in [0.1, 0.15) is 18.2 Å². The topological polar surface area (TPSA) is 21.6 Å². The van der Waals surface area contributed by atoms with Crippen LogP contribution in [-0.2, 0) is 13.0 Å². The van der Waals surface area contributed by atoms with Crippen molar-refractivity contribution in [3.8, 4) is 5.75 Å². The van der Waals surface area contributed by atoms with E-state index in [9.17, 15) is 4.39 Å². The summed E-state index contributed by atoms with van der Waals surface area (Å²) in [4.78, 5) is 4.55. The zero-order chi connectivity index (χ0) is 19.2. The lowest BCUT2D eigenvalue weighted by Gasteiger charge is -2.12. The Morgan fingerprint density at radius 3 is 2.48 bits per heavy atom. The van der Waals surface area contributed by atoms with Crippen LogP contribution in [0.1, 0.15) is 23.6 Å². The summed E-state index contributed by atoms with van der Waals surface area (Å²) in [6.45, 7) is 2.26. The van der Waals surface area contributed by atoms with Gasteiger partial charge in [-0.3, -0.25) is 4.99 Å². The van der Waals surface area contributed by atoms with Gasteiger partial charge in [-0.05, 0) is 58.2 Å². The van der Waals surface area contributed by atoms with Gasteiger partial charge in [0.25, 0.3) is 0 Å². The van der Waals surface area contributed by atoms with E-state index in [1.54, 1.807) is 24.4 Å². The average molecular weight is 491 g/mol. The summed E-state index contributed by atoms with van der Waals surface area (Å²) in [6.07, 6.45) is 2.75. The van der Waals surface area contributed by atoms with Gasteiger partial charge in [-0.15, -0.1) is 0 Å². The normalized spacial score (nSPS) is 11.1.